The Bertz CT molecular complexity index is 522. The fourth-order valence-electron chi connectivity index (χ4n) is 2.58. The number of benzene rings is 1. The van der Waals surface area contributed by atoms with Crippen molar-refractivity contribution in [1.29, 1.82) is 0 Å². The van der Waals surface area contributed by atoms with Crippen molar-refractivity contribution < 1.29 is 8.42 Å². The van der Waals surface area contributed by atoms with Crippen LogP contribution in [-0.2, 0) is 16.4 Å². The Morgan fingerprint density at radius 2 is 2.25 bits per heavy atom. The SMILES string of the molecule is CCc1cccc(S(=O)(=O)NCCC2CCCNC2)c1. The fourth-order valence-corrected chi connectivity index (χ4v) is 3.70. The first-order chi connectivity index (χ1) is 9.62. The van der Waals surface area contributed by atoms with Gasteiger partial charge in [-0.05, 0) is 62.4 Å². The van der Waals surface area contributed by atoms with Crippen LogP contribution in [0.2, 0.25) is 0 Å². The van der Waals surface area contributed by atoms with Crippen molar-refractivity contribution in [2.75, 3.05) is 19.6 Å². The molecule has 4 nitrogen and oxygen atoms in total. The molecule has 20 heavy (non-hydrogen) atoms. The molecule has 0 saturated carbocycles. The summed E-state index contributed by atoms with van der Waals surface area (Å²) in [7, 11) is -3.36. The summed E-state index contributed by atoms with van der Waals surface area (Å²) in [4.78, 5) is 0.374. The highest BCUT2D eigenvalue weighted by Gasteiger charge is 2.16. The summed E-state index contributed by atoms with van der Waals surface area (Å²) in [5.74, 6) is 0.591. The normalized spacial score (nSPS) is 19.9. The van der Waals surface area contributed by atoms with E-state index < -0.39 is 10.0 Å². The maximum atomic E-state index is 12.2. The zero-order valence-corrected chi connectivity index (χ0v) is 12.9. The number of hydrogen-bond acceptors (Lipinski definition) is 3. The second kappa shape index (κ2) is 7.20. The van der Waals surface area contributed by atoms with Gasteiger partial charge in [0.05, 0.1) is 4.90 Å². The van der Waals surface area contributed by atoms with Crippen molar-refractivity contribution in [1.82, 2.24) is 10.0 Å². The van der Waals surface area contributed by atoms with E-state index in [4.69, 9.17) is 0 Å². The summed E-state index contributed by atoms with van der Waals surface area (Å²) in [5, 5.41) is 3.35. The van der Waals surface area contributed by atoms with Crippen LogP contribution in [0.25, 0.3) is 0 Å². The Kier molecular flexibility index (Phi) is 5.57. The lowest BCUT2D eigenvalue weighted by Gasteiger charge is -2.22. The van der Waals surface area contributed by atoms with Gasteiger partial charge in [0.15, 0.2) is 0 Å². The van der Waals surface area contributed by atoms with Crippen LogP contribution in [0.1, 0.15) is 31.7 Å². The van der Waals surface area contributed by atoms with E-state index in [9.17, 15) is 8.42 Å². The average molecular weight is 296 g/mol. The Labute approximate surface area is 122 Å². The largest absolute Gasteiger partial charge is 0.316 e. The number of hydrogen-bond donors (Lipinski definition) is 2. The molecule has 1 aliphatic rings. The maximum Gasteiger partial charge on any atom is 0.240 e. The highest BCUT2D eigenvalue weighted by molar-refractivity contribution is 7.89. The number of aryl methyl sites for hydroxylation is 1. The molecular weight excluding hydrogens is 272 g/mol. The molecule has 0 amide bonds. The Balaban J connectivity index is 1.89. The maximum absolute atomic E-state index is 12.2. The summed E-state index contributed by atoms with van der Waals surface area (Å²) in [6.07, 6.45) is 4.13. The zero-order valence-electron chi connectivity index (χ0n) is 12.1. The van der Waals surface area contributed by atoms with Gasteiger partial charge >= 0.3 is 0 Å². The molecule has 2 rings (SSSR count). The summed E-state index contributed by atoms with van der Waals surface area (Å²) in [6.45, 7) is 4.64. The molecule has 0 bridgehead atoms. The van der Waals surface area contributed by atoms with Gasteiger partial charge in [-0.1, -0.05) is 19.1 Å². The molecule has 0 aliphatic carbocycles. The first kappa shape index (κ1) is 15.5. The molecule has 0 radical (unpaired) electrons. The van der Waals surface area contributed by atoms with Crippen molar-refractivity contribution in [3.8, 4) is 0 Å². The molecule has 2 N–H and O–H groups in total. The van der Waals surface area contributed by atoms with Crippen LogP contribution in [-0.4, -0.2) is 28.1 Å². The molecule has 112 valence electrons. The predicted octanol–water partition coefficient (Wildman–Crippen LogP) is 1.92. The van der Waals surface area contributed by atoms with E-state index >= 15 is 0 Å². The van der Waals surface area contributed by atoms with E-state index in [1.807, 2.05) is 13.0 Å². The Hall–Kier alpha value is -0.910. The van der Waals surface area contributed by atoms with E-state index in [0.29, 0.717) is 17.4 Å². The van der Waals surface area contributed by atoms with Gasteiger partial charge < -0.3 is 5.32 Å². The molecular formula is C15H24N2O2S. The van der Waals surface area contributed by atoms with E-state index in [0.717, 1.165) is 31.5 Å². The zero-order chi connectivity index (χ0) is 14.4. The van der Waals surface area contributed by atoms with Crippen molar-refractivity contribution in [2.45, 2.75) is 37.5 Å². The van der Waals surface area contributed by atoms with Crippen LogP contribution in [0.3, 0.4) is 0 Å². The van der Waals surface area contributed by atoms with Gasteiger partial charge in [0.2, 0.25) is 10.0 Å². The van der Waals surface area contributed by atoms with Crippen molar-refractivity contribution >= 4 is 10.0 Å². The van der Waals surface area contributed by atoms with Gasteiger partial charge in [0, 0.05) is 6.54 Å². The molecule has 1 aromatic carbocycles. The van der Waals surface area contributed by atoms with Gasteiger partial charge in [-0.3, -0.25) is 0 Å². The molecule has 1 aliphatic heterocycles. The molecule has 1 saturated heterocycles. The van der Waals surface area contributed by atoms with E-state index in [2.05, 4.69) is 10.0 Å². The quantitative estimate of drug-likeness (QED) is 0.843. The minimum Gasteiger partial charge on any atom is -0.316 e. The van der Waals surface area contributed by atoms with Gasteiger partial charge in [0.25, 0.3) is 0 Å². The minimum absolute atomic E-state index is 0.374. The highest BCUT2D eigenvalue weighted by Crippen LogP contribution is 2.15. The summed E-state index contributed by atoms with van der Waals surface area (Å²) < 4.78 is 27.1. The number of rotatable bonds is 6. The van der Waals surface area contributed by atoms with Gasteiger partial charge in [0.1, 0.15) is 0 Å². The Morgan fingerprint density at radius 3 is 2.95 bits per heavy atom. The molecule has 0 aromatic heterocycles. The summed E-state index contributed by atoms with van der Waals surface area (Å²) in [5.41, 5.74) is 1.05. The smallest absolute Gasteiger partial charge is 0.240 e. The van der Waals surface area contributed by atoms with Crippen LogP contribution < -0.4 is 10.0 Å². The lowest BCUT2D eigenvalue weighted by molar-refractivity contribution is 0.358. The van der Waals surface area contributed by atoms with Crippen LogP contribution in [0.4, 0.5) is 0 Å². The van der Waals surface area contributed by atoms with Gasteiger partial charge in [-0.2, -0.15) is 0 Å². The average Bonchev–Trinajstić information content (AvgIpc) is 2.48. The second-order valence-electron chi connectivity index (χ2n) is 5.40. The van der Waals surface area contributed by atoms with Crippen molar-refractivity contribution in [2.24, 2.45) is 5.92 Å². The van der Waals surface area contributed by atoms with Gasteiger partial charge in [-0.15, -0.1) is 0 Å². The third-order valence-corrected chi connectivity index (χ3v) is 5.32. The van der Waals surface area contributed by atoms with Crippen LogP contribution in [0.5, 0.6) is 0 Å². The Morgan fingerprint density at radius 1 is 1.40 bits per heavy atom. The summed E-state index contributed by atoms with van der Waals surface area (Å²) in [6, 6.07) is 7.17. The molecule has 1 atom stereocenters. The molecule has 5 heteroatoms. The highest BCUT2D eigenvalue weighted by atomic mass is 32.2. The lowest BCUT2D eigenvalue weighted by Crippen LogP contribution is -2.33. The number of nitrogens with one attached hydrogen (secondary N) is 2. The molecule has 1 aromatic rings. The first-order valence-electron chi connectivity index (χ1n) is 7.41. The van der Waals surface area contributed by atoms with Crippen molar-refractivity contribution in [3.05, 3.63) is 29.8 Å². The third kappa shape index (κ3) is 4.30. The van der Waals surface area contributed by atoms with E-state index in [1.54, 1.807) is 18.2 Å². The molecule has 1 unspecified atom stereocenters. The molecule has 1 heterocycles. The molecule has 0 spiro atoms. The number of piperidine rings is 1. The standard InChI is InChI=1S/C15H24N2O2S/c1-2-13-5-3-7-15(11-13)20(18,19)17-10-8-14-6-4-9-16-12-14/h3,5,7,11,14,16-17H,2,4,6,8-10,12H2,1H3. The van der Waals surface area contributed by atoms with Crippen LogP contribution >= 0.6 is 0 Å². The molecule has 1 fully saturated rings. The van der Waals surface area contributed by atoms with E-state index in [1.165, 1.54) is 12.8 Å². The van der Waals surface area contributed by atoms with Crippen molar-refractivity contribution in [3.63, 3.8) is 0 Å². The second-order valence-corrected chi connectivity index (χ2v) is 7.17. The van der Waals surface area contributed by atoms with Crippen LogP contribution in [0, 0.1) is 5.92 Å². The minimum atomic E-state index is -3.36. The fraction of sp³-hybridized carbons (Fsp3) is 0.600. The predicted molar refractivity (Wildman–Crippen MR) is 81.2 cm³/mol. The van der Waals surface area contributed by atoms with Gasteiger partial charge in [-0.25, -0.2) is 13.1 Å². The van der Waals surface area contributed by atoms with Crippen LogP contribution in [0.15, 0.2) is 29.2 Å². The third-order valence-electron chi connectivity index (χ3n) is 3.86. The first-order valence-corrected chi connectivity index (χ1v) is 8.89. The lowest BCUT2D eigenvalue weighted by atomic mass is 9.96. The summed E-state index contributed by atoms with van der Waals surface area (Å²) >= 11 is 0. The topological polar surface area (TPSA) is 58.2 Å². The number of sulfonamides is 1. The van der Waals surface area contributed by atoms with E-state index in [-0.39, 0.29) is 0 Å². The monoisotopic (exact) mass is 296 g/mol.